The molecule has 2 heterocycles. The molecule has 0 radical (unpaired) electrons. The minimum Gasteiger partial charge on any atom is -0.464 e. The SMILES string of the molecule is COC(=O)c1csc(NC(=O)[C@H](CC2CCCCC2)N2C(=O)N[C@@H](c3ccccc3)C2=O)n1. The summed E-state index contributed by atoms with van der Waals surface area (Å²) >= 11 is 1.08. The van der Waals surface area contributed by atoms with E-state index < -0.39 is 35.9 Å². The van der Waals surface area contributed by atoms with Gasteiger partial charge in [-0.05, 0) is 17.9 Å². The van der Waals surface area contributed by atoms with E-state index >= 15 is 0 Å². The van der Waals surface area contributed by atoms with Crippen molar-refractivity contribution in [2.24, 2.45) is 5.92 Å². The van der Waals surface area contributed by atoms with Gasteiger partial charge < -0.3 is 15.4 Å². The highest BCUT2D eigenvalue weighted by atomic mass is 32.1. The van der Waals surface area contributed by atoms with Crippen molar-refractivity contribution >= 4 is 40.3 Å². The summed E-state index contributed by atoms with van der Waals surface area (Å²) < 4.78 is 4.65. The first-order valence-corrected chi connectivity index (χ1v) is 11.9. The molecule has 1 saturated heterocycles. The lowest BCUT2D eigenvalue weighted by atomic mass is 9.84. The van der Waals surface area contributed by atoms with Crippen molar-refractivity contribution in [3.63, 3.8) is 0 Å². The molecular weight excluding hydrogens is 444 g/mol. The van der Waals surface area contributed by atoms with Crippen LogP contribution in [0, 0.1) is 5.92 Å². The quantitative estimate of drug-likeness (QED) is 0.472. The molecule has 4 rings (SSSR count). The van der Waals surface area contributed by atoms with E-state index in [2.05, 4.69) is 20.4 Å². The predicted molar refractivity (Wildman–Crippen MR) is 122 cm³/mol. The van der Waals surface area contributed by atoms with Crippen LogP contribution < -0.4 is 10.6 Å². The van der Waals surface area contributed by atoms with Gasteiger partial charge in [0.05, 0.1) is 7.11 Å². The maximum absolute atomic E-state index is 13.3. The molecule has 10 heteroatoms. The third-order valence-corrected chi connectivity index (χ3v) is 6.89. The van der Waals surface area contributed by atoms with Gasteiger partial charge in [-0.3, -0.25) is 9.59 Å². The number of aromatic nitrogens is 1. The number of anilines is 1. The number of amides is 4. The summed E-state index contributed by atoms with van der Waals surface area (Å²) in [7, 11) is 1.25. The van der Waals surface area contributed by atoms with Gasteiger partial charge in [-0.1, -0.05) is 62.4 Å². The Morgan fingerprint density at radius 3 is 2.64 bits per heavy atom. The number of carbonyl (C=O) groups excluding carboxylic acids is 4. The van der Waals surface area contributed by atoms with Crippen molar-refractivity contribution < 1.29 is 23.9 Å². The van der Waals surface area contributed by atoms with Crippen LogP contribution in [0.1, 0.15) is 60.6 Å². The molecule has 0 spiro atoms. The molecule has 2 atom stereocenters. The van der Waals surface area contributed by atoms with E-state index in [0.717, 1.165) is 48.3 Å². The highest BCUT2D eigenvalue weighted by Crippen LogP contribution is 2.32. The molecule has 0 unspecified atom stereocenters. The van der Waals surface area contributed by atoms with Crippen molar-refractivity contribution in [3.05, 3.63) is 47.0 Å². The van der Waals surface area contributed by atoms with E-state index in [1.807, 2.05) is 6.07 Å². The fraction of sp³-hybridized carbons (Fsp3) is 0.435. The van der Waals surface area contributed by atoms with E-state index in [-0.39, 0.29) is 16.7 Å². The van der Waals surface area contributed by atoms with Crippen molar-refractivity contribution in [2.75, 3.05) is 12.4 Å². The molecule has 0 bridgehead atoms. The minimum atomic E-state index is -0.972. The van der Waals surface area contributed by atoms with Crippen LogP contribution in [0.25, 0.3) is 0 Å². The summed E-state index contributed by atoms with van der Waals surface area (Å²) in [4.78, 5) is 56.3. The predicted octanol–water partition coefficient (Wildman–Crippen LogP) is 3.50. The van der Waals surface area contributed by atoms with E-state index in [4.69, 9.17) is 0 Å². The van der Waals surface area contributed by atoms with Crippen LogP contribution in [0.3, 0.4) is 0 Å². The van der Waals surface area contributed by atoms with Gasteiger partial charge in [0.25, 0.3) is 5.91 Å². The first-order chi connectivity index (χ1) is 16.0. The summed E-state index contributed by atoms with van der Waals surface area (Å²) in [5, 5.41) is 7.10. The van der Waals surface area contributed by atoms with Crippen LogP contribution in [-0.4, -0.2) is 46.9 Å². The summed E-state index contributed by atoms with van der Waals surface area (Å²) in [6.07, 6.45) is 5.60. The van der Waals surface area contributed by atoms with Crippen LogP contribution in [-0.2, 0) is 14.3 Å². The number of carbonyl (C=O) groups is 4. The first kappa shape index (κ1) is 22.9. The minimum absolute atomic E-state index is 0.0840. The maximum Gasteiger partial charge on any atom is 0.357 e. The largest absolute Gasteiger partial charge is 0.464 e. The summed E-state index contributed by atoms with van der Waals surface area (Å²) in [5.74, 6) is -1.31. The number of hydrogen-bond donors (Lipinski definition) is 2. The van der Waals surface area contributed by atoms with E-state index in [9.17, 15) is 19.2 Å². The van der Waals surface area contributed by atoms with Crippen molar-refractivity contribution in [3.8, 4) is 0 Å². The Kier molecular flexibility index (Phi) is 7.02. The Morgan fingerprint density at radius 1 is 1.21 bits per heavy atom. The third kappa shape index (κ3) is 5.05. The molecular formula is C23H26N4O5S. The molecule has 1 aliphatic carbocycles. The van der Waals surface area contributed by atoms with E-state index in [0.29, 0.717) is 12.0 Å². The van der Waals surface area contributed by atoms with Crippen molar-refractivity contribution in [1.82, 2.24) is 15.2 Å². The Bertz CT molecular complexity index is 1030. The van der Waals surface area contributed by atoms with Crippen LogP contribution in [0.4, 0.5) is 9.93 Å². The molecule has 2 fully saturated rings. The molecule has 1 aliphatic heterocycles. The normalized spacial score (nSPS) is 19.8. The number of nitrogens with one attached hydrogen (secondary N) is 2. The zero-order chi connectivity index (χ0) is 23.4. The summed E-state index contributed by atoms with van der Waals surface area (Å²) in [6, 6.07) is 6.58. The van der Waals surface area contributed by atoms with E-state index in [1.165, 1.54) is 12.5 Å². The number of hydrogen-bond acceptors (Lipinski definition) is 7. The number of nitrogens with zero attached hydrogens (tertiary/aromatic N) is 2. The molecule has 1 aromatic carbocycles. The molecule has 2 aliphatic rings. The molecule has 2 N–H and O–H groups in total. The number of thiazole rings is 1. The average molecular weight is 471 g/mol. The average Bonchev–Trinajstić information content (AvgIpc) is 3.42. The topological polar surface area (TPSA) is 118 Å². The third-order valence-electron chi connectivity index (χ3n) is 6.13. The van der Waals surface area contributed by atoms with Gasteiger partial charge in [0.2, 0.25) is 5.91 Å². The smallest absolute Gasteiger partial charge is 0.357 e. The number of esters is 1. The van der Waals surface area contributed by atoms with Gasteiger partial charge in [0.15, 0.2) is 10.8 Å². The van der Waals surface area contributed by atoms with Crippen LogP contribution in [0.15, 0.2) is 35.7 Å². The molecule has 9 nitrogen and oxygen atoms in total. The lowest BCUT2D eigenvalue weighted by Gasteiger charge is -2.30. The van der Waals surface area contributed by atoms with Gasteiger partial charge in [-0.2, -0.15) is 0 Å². The Balaban J connectivity index is 1.57. The number of urea groups is 1. The number of imide groups is 1. The monoisotopic (exact) mass is 470 g/mol. The van der Waals surface area contributed by atoms with Gasteiger partial charge in [-0.15, -0.1) is 11.3 Å². The van der Waals surface area contributed by atoms with Gasteiger partial charge in [0, 0.05) is 5.38 Å². The number of methoxy groups -OCH3 is 1. The highest BCUT2D eigenvalue weighted by Gasteiger charge is 2.46. The number of benzene rings is 1. The zero-order valence-corrected chi connectivity index (χ0v) is 19.1. The lowest BCUT2D eigenvalue weighted by Crippen LogP contribution is -2.48. The fourth-order valence-electron chi connectivity index (χ4n) is 4.45. The number of rotatable bonds is 7. The zero-order valence-electron chi connectivity index (χ0n) is 18.3. The number of ether oxygens (including phenoxy) is 1. The van der Waals surface area contributed by atoms with Gasteiger partial charge in [-0.25, -0.2) is 19.5 Å². The van der Waals surface area contributed by atoms with Crippen LogP contribution in [0.5, 0.6) is 0 Å². The molecule has 1 aromatic heterocycles. The summed E-state index contributed by atoms with van der Waals surface area (Å²) in [6.45, 7) is 0. The van der Waals surface area contributed by atoms with Crippen LogP contribution in [0.2, 0.25) is 0 Å². The molecule has 2 aromatic rings. The Hall–Kier alpha value is -3.27. The Labute approximate surface area is 195 Å². The second-order valence-corrected chi connectivity index (χ2v) is 9.13. The van der Waals surface area contributed by atoms with E-state index in [1.54, 1.807) is 24.3 Å². The van der Waals surface area contributed by atoms with Crippen molar-refractivity contribution in [2.45, 2.75) is 50.6 Å². The van der Waals surface area contributed by atoms with Crippen LogP contribution >= 0.6 is 11.3 Å². The first-order valence-electron chi connectivity index (χ1n) is 11.0. The molecule has 1 saturated carbocycles. The lowest BCUT2D eigenvalue weighted by molar-refractivity contribution is -0.134. The second kappa shape index (κ2) is 10.1. The second-order valence-electron chi connectivity index (χ2n) is 8.28. The summed E-state index contributed by atoms with van der Waals surface area (Å²) in [5.41, 5.74) is 0.749. The molecule has 174 valence electrons. The Morgan fingerprint density at radius 2 is 1.94 bits per heavy atom. The standard InChI is InChI=1S/C23H26N4O5S/c1-32-21(30)16-13-33-22(24-16)26-19(28)17(12-14-8-4-2-5-9-14)27-20(29)18(25-23(27)31)15-10-6-3-7-11-15/h3,6-7,10-11,13-14,17-18H,2,4-5,8-9,12H2,1H3,(H,25,31)(H,24,26,28)/t17-,18-/m0/s1. The van der Waals surface area contributed by atoms with Crippen molar-refractivity contribution in [1.29, 1.82) is 0 Å². The van der Waals surface area contributed by atoms with Gasteiger partial charge in [0.1, 0.15) is 12.1 Å². The molecule has 33 heavy (non-hydrogen) atoms. The highest BCUT2D eigenvalue weighted by molar-refractivity contribution is 7.14. The van der Waals surface area contributed by atoms with Gasteiger partial charge >= 0.3 is 12.0 Å². The maximum atomic E-state index is 13.3. The fourth-order valence-corrected chi connectivity index (χ4v) is 5.13. The molecule has 4 amide bonds.